The van der Waals surface area contributed by atoms with Gasteiger partial charge in [0.25, 0.3) is 10.0 Å². The average molecular weight is 224 g/mol. The molecule has 0 saturated heterocycles. The Kier molecular flexibility index (Phi) is 2.09. The maximum absolute atomic E-state index is 11.1. The first-order valence-electron chi connectivity index (χ1n) is 4.10. The quantitative estimate of drug-likeness (QED) is 0.741. The van der Waals surface area contributed by atoms with Gasteiger partial charge >= 0.3 is 0 Å². The Morgan fingerprint density at radius 3 is 2.60 bits per heavy atom. The molecule has 78 valence electrons. The van der Waals surface area contributed by atoms with E-state index in [4.69, 9.17) is 5.14 Å². The van der Waals surface area contributed by atoms with E-state index in [1.807, 2.05) is 0 Å². The number of pyridine rings is 1. The molecule has 0 spiro atoms. The zero-order valence-electron chi connectivity index (χ0n) is 7.58. The van der Waals surface area contributed by atoms with Gasteiger partial charge in [-0.25, -0.2) is 18.5 Å². The van der Waals surface area contributed by atoms with E-state index in [9.17, 15) is 13.5 Å². The fourth-order valence-corrected chi connectivity index (χ4v) is 1.87. The minimum atomic E-state index is -3.99. The molecule has 5 nitrogen and oxygen atoms in total. The molecule has 0 aliphatic carbocycles. The second-order valence-corrected chi connectivity index (χ2v) is 4.53. The van der Waals surface area contributed by atoms with Crippen LogP contribution in [-0.4, -0.2) is 18.5 Å². The zero-order valence-corrected chi connectivity index (χ0v) is 8.40. The summed E-state index contributed by atoms with van der Waals surface area (Å²) < 4.78 is 22.1. The summed E-state index contributed by atoms with van der Waals surface area (Å²) >= 11 is 0. The number of nitrogens with two attached hydrogens (primary N) is 1. The molecule has 0 atom stereocenters. The number of hydrogen-bond donors (Lipinski definition) is 2. The molecule has 0 amide bonds. The van der Waals surface area contributed by atoms with E-state index >= 15 is 0 Å². The summed E-state index contributed by atoms with van der Waals surface area (Å²) in [6, 6.07) is 8.17. The number of aromatic hydroxyl groups is 1. The van der Waals surface area contributed by atoms with Crippen LogP contribution >= 0.6 is 0 Å². The summed E-state index contributed by atoms with van der Waals surface area (Å²) in [4.78, 5) is 3.78. The van der Waals surface area contributed by atoms with Crippen molar-refractivity contribution in [2.45, 2.75) is 5.03 Å². The van der Waals surface area contributed by atoms with Crippen LogP contribution in [0.5, 0.6) is 5.75 Å². The molecule has 3 N–H and O–H groups in total. The zero-order chi connectivity index (χ0) is 11.1. The third-order valence-electron chi connectivity index (χ3n) is 1.94. The molecule has 6 heteroatoms. The fraction of sp³-hybridized carbons (Fsp3) is 0. The summed E-state index contributed by atoms with van der Waals surface area (Å²) in [7, 11) is -3.99. The van der Waals surface area contributed by atoms with E-state index in [2.05, 4.69) is 4.98 Å². The van der Waals surface area contributed by atoms with E-state index in [0.717, 1.165) is 0 Å². The van der Waals surface area contributed by atoms with Gasteiger partial charge in [-0.1, -0.05) is 18.2 Å². The van der Waals surface area contributed by atoms with Gasteiger partial charge in [-0.05, 0) is 12.1 Å². The number of nitrogens with zero attached hydrogens (tertiary/aromatic N) is 1. The molecule has 0 bridgehead atoms. The Balaban J connectivity index is 2.84. The Labute approximate surface area is 86.2 Å². The highest BCUT2D eigenvalue weighted by Crippen LogP contribution is 2.24. The molecule has 0 fully saturated rings. The number of primary sulfonamides is 1. The van der Waals surface area contributed by atoms with Crippen LogP contribution in [0.1, 0.15) is 0 Å². The molecule has 1 heterocycles. The molecular weight excluding hydrogens is 216 g/mol. The van der Waals surface area contributed by atoms with Gasteiger partial charge in [0, 0.05) is 5.39 Å². The van der Waals surface area contributed by atoms with E-state index in [0.29, 0.717) is 10.9 Å². The Morgan fingerprint density at radius 2 is 1.93 bits per heavy atom. The molecule has 0 aliphatic heterocycles. The molecule has 0 aliphatic rings. The SMILES string of the molecule is NS(=O)(=O)c1nc2ccccc2cc1O. The molecule has 0 radical (unpaired) electrons. The van der Waals surface area contributed by atoms with Gasteiger partial charge in [0.05, 0.1) is 5.52 Å². The summed E-state index contributed by atoms with van der Waals surface area (Å²) in [6.07, 6.45) is 0. The topological polar surface area (TPSA) is 93.3 Å². The Bertz CT molecular complexity index is 622. The Hall–Kier alpha value is -1.66. The van der Waals surface area contributed by atoms with Crippen molar-refractivity contribution in [1.29, 1.82) is 0 Å². The van der Waals surface area contributed by atoms with Crippen molar-refractivity contribution in [2.24, 2.45) is 5.14 Å². The first-order valence-corrected chi connectivity index (χ1v) is 5.65. The van der Waals surface area contributed by atoms with Crippen LogP contribution < -0.4 is 5.14 Å². The molecule has 0 unspecified atom stereocenters. The van der Waals surface area contributed by atoms with Gasteiger partial charge in [0.15, 0.2) is 5.75 Å². The standard InChI is InChI=1S/C9H8N2O3S/c10-15(13,14)9-8(12)5-6-3-1-2-4-7(6)11-9/h1-5,12H,(H2,10,13,14). The van der Waals surface area contributed by atoms with Gasteiger partial charge in [0.2, 0.25) is 5.03 Å². The van der Waals surface area contributed by atoms with Crippen LogP contribution in [0.25, 0.3) is 10.9 Å². The van der Waals surface area contributed by atoms with Crippen molar-refractivity contribution >= 4 is 20.9 Å². The molecule has 15 heavy (non-hydrogen) atoms. The second kappa shape index (κ2) is 3.18. The number of sulfonamides is 1. The minimum Gasteiger partial charge on any atom is -0.505 e. The van der Waals surface area contributed by atoms with Crippen LogP contribution in [0, 0.1) is 0 Å². The number of fused-ring (bicyclic) bond motifs is 1. The summed E-state index contributed by atoms with van der Waals surface area (Å²) in [5.74, 6) is -0.434. The number of hydrogen-bond acceptors (Lipinski definition) is 4. The third kappa shape index (κ3) is 1.77. The molecular formula is C9H8N2O3S. The van der Waals surface area contributed by atoms with Crippen molar-refractivity contribution < 1.29 is 13.5 Å². The monoisotopic (exact) mass is 224 g/mol. The van der Waals surface area contributed by atoms with Crippen molar-refractivity contribution in [3.63, 3.8) is 0 Å². The lowest BCUT2D eigenvalue weighted by molar-refractivity contribution is 0.454. The first kappa shape index (κ1) is 9.88. The lowest BCUT2D eigenvalue weighted by atomic mass is 10.2. The summed E-state index contributed by atoms with van der Waals surface area (Å²) in [5, 5.41) is 14.5. The lowest BCUT2D eigenvalue weighted by Crippen LogP contribution is -2.14. The van der Waals surface area contributed by atoms with Gasteiger partial charge < -0.3 is 5.11 Å². The van der Waals surface area contributed by atoms with E-state index in [-0.39, 0.29) is 0 Å². The second-order valence-electron chi connectivity index (χ2n) is 3.05. The normalized spacial score (nSPS) is 11.8. The van der Waals surface area contributed by atoms with Crippen molar-refractivity contribution in [2.75, 3.05) is 0 Å². The average Bonchev–Trinajstić information content (AvgIpc) is 2.15. The van der Waals surface area contributed by atoms with Crippen LogP contribution in [0.4, 0.5) is 0 Å². The number of aromatic nitrogens is 1. The maximum Gasteiger partial charge on any atom is 0.259 e. The molecule has 1 aromatic heterocycles. The highest BCUT2D eigenvalue weighted by atomic mass is 32.2. The minimum absolute atomic E-state index is 0.434. The van der Waals surface area contributed by atoms with E-state index in [1.165, 1.54) is 6.07 Å². The van der Waals surface area contributed by atoms with Crippen LogP contribution in [-0.2, 0) is 10.0 Å². The molecule has 1 aromatic carbocycles. The molecule has 2 rings (SSSR count). The number of rotatable bonds is 1. The number of benzene rings is 1. The van der Waals surface area contributed by atoms with Crippen molar-refractivity contribution in [3.8, 4) is 5.75 Å². The van der Waals surface area contributed by atoms with Crippen LogP contribution in [0.2, 0.25) is 0 Å². The van der Waals surface area contributed by atoms with E-state index in [1.54, 1.807) is 24.3 Å². The highest BCUT2D eigenvalue weighted by molar-refractivity contribution is 7.89. The predicted molar refractivity (Wildman–Crippen MR) is 54.8 cm³/mol. The smallest absolute Gasteiger partial charge is 0.259 e. The summed E-state index contributed by atoms with van der Waals surface area (Å²) in [5.41, 5.74) is 0.472. The van der Waals surface area contributed by atoms with Crippen molar-refractivity contribution in [1.82, 2.24) is 4.98 Å². The highest BCUT2D eigenvalue weighted by Gasteiger charge is 2.16. The first-order chi connectivity index (χ1) is 6.98. The Morgan fingerprint density at radius 1 is 1.27 bits per heavy atom. The van der Waals surface area contributed by atoms with Gasteiger partial charge in [0.1, 0.15) is 0 Å². The van der Waals surface area contributed by atoms with Crippen molar-refractivity contribution in [3.05, 3.63) is 30.3 Å². The van der Waals surface area contributed by atoms with E-state index < -0.39 is 20.8 Å². The van der Waals surface area contributed by atoms with Gasteiger partial charge in [-0.2, -0.15) is 0 Å². The van der Waals surface area contributed by atoms with Crippen LogP contribution in [0.3, 0.4) is 0 Å². The summed E-state index contributed by atoms with van der Waals surface area (Å²) in [6.45, 7) is 0. The molecule has 2 aromatic rings. The maximum atomic E-state index is 11.1. The van der Waals surface area contributed by atoms with Gasteiger partial charge in [-0.15, -0.1) is 0 Å². The number of para-hydroxylation sites is 1. The predicted octanol–water partition coefficient (Wildman–Crippen LogP) is 0.588. The molecule has 0 saturated carbocycles. The third-order valence-corrected chi connectivity index (χ3v) is 2.78. The van der Waals surface area contributed by atoms with Gasteiger partial charge in [-0.3, -0.25) is 0 Å². The largest absolute Gasteiger partial charge is 0.505 e. The lowest BCUT2D eigenvalue weighted by Gasteiger charge is -2.03. The van der Waals surface area contributed by atoms with Crippen LogP contribution in [0.15, 0.2) is 35.4 Å². The fourth-order valence-electron chi connectivity index (χ4n) is 1.30.